The maximum atomic E-state index is 13.5. The van der Waals surface area contributed by atoms with Crippen molar-refractivity contribution < 1.29 is 9.59 Å². The number of rotatable bonds is 2. The van der Waals surface area contributed by atoms with Gasteiger partial charge in [0.1, 0.15) is 11.4 Å². The Bertz CT molecular complexity index is 1100. The summed E-state index contributed by atoms with van der Waals surface area (Å²) in [5.74, 6) is -0.320. The number of amides is 2. The van der Waals surface area contributed by atoms with E-state index in [2.05, 4.69) is 9.97 Å². The van der Waals surface area contributed by atoms with Gasteiger partial charge in [-0.1, -0.05) is 29.8 Å². The summed E-state index contributed by atoms with van der Waals surface area (Å²) in [6.45, 7) is 0.861. The molecule has 4 heterocycles. The zero-order valence-electron chi connectivity index (χ0n) is 15.5. The SMILES string of the molecule is O=C(c1cccnc1)N1CCN2C(=O)c3ncccc3CC12c1ccc(Cl)cc1. The quantitative estimate of drug-likeness (QED) is 0.658. The van der Waals surface area contributed by atoms with Crippen LogP contribution in [0.2, 0.25) is 5.02 Å². The largest absolute Gasteiger partial charge is 0.309 e. The van der Waals surface area contributed by atoms with Crippen LogP contribution in [0.3, 0.4) is 0 Å². The van der Waals surface area contributed by atoms with Gasteiger partial charge in [-0.2, -0.15) is 0 Å². The fourth-order valence-corrected chi connectivity index (χ4v) is 4.51. The van der Waals surface area contributed by atoms with Crippen molar-refractivity contribution in [3.63, 3.8) is 0 Å². The molecule has 7 heteroatoms. The number of pyridine rings is 2. The number of nitrogens with zero attached hydrogens (tertiary/aromatic N) is 4. The van der Waals surface area contributed by atoms with Crippen molar-refractivity contribution in [1.29, 1.82) is 0 Å². The summed E-state index contributed by atoms with van der Waals surface area (Å²) in [7, 11) is 0. The van der Waals surface area contributed by atoms with E-state index in [0.29, 0.717) is 35.8 Å². The number of hydrogen-bond donors (Lipinski definition) is 0. The molecule has 2 aromatic heterocycles. The Labute approximate surface area is 172 Å². The smallest absolute Gasteiger partial charge is 0.274 e. The zero-order chi connectivity index (χ0) is 20.0. The Kier molecular flexibility index (Phi) is 4.10. The number of fused-ring (bicyclic) bond motifs is 2. The maximum absolute atomic E-state index is 13.5. The average Bonchev–Trinajstić information content (AvgIpc) is 3.15. The van der Waals surface area contributed by atoms with Crippen molar-refractivity contribution in [2.75, 3.05) is 13.1 Å². The average molecular weight is 405 g/mol. The molecule has 1 saturated heterocycles. The van der Waals surface area contributed by atoms with Crippen molar-refractivity contribution in [2.24, 2.45) is 0 Å². The lowest BCUT2D eigenvalue weighted by Gasteiger charge is -2.47. The van der Waals surface area contributed by atoms with Crippen LogP contribution in [0.4, 0.5) is 0 Å². The van der Waals surface area contributed by atoms with E-state index in [1.807, 2.05) is 24.3 Å². The Balaban J connectivity index is 1.70. The highest BCUT2D eigenvalue weighted by Gasteiger charge is 2.56. The number of aromatic nitrogens is 2. The Morgan fingerprint density at radius 1 is 1.03 bits per heavy atom. The summed E-state index contributed by atoms with van der Waals surface area (Å²) in [6.07, 6.45) is 5.28. The van der Waals surface area contributed by atoms with E-state index in [1.54, 1.807) is 52.7 Å². The standard InChI is InChI=1S/C22H17ClN4O2/c23-18-7-5-17(6-8-18)22-13-15-3-2-10-25-19(15)21(29)27(22)12-11-26(22)20(28)16-4-1-9-24-14-16/h1-10,14H,11-13H2. The monoisotopic (exact) mass is 404 g/mol. The molecule has 29 heavy (non-hydrogen) atoms. The second kappa shape index (κ2) is 6.67. The van der Waals surface area contributed by atoms with Gasteiger partial charge in [0.2, 0.25) is 0 Å². The third-order valence-electron chi connectivity index (χ3n) is 5.68. The Morgan fingerprint density at radius 3 is 2.59 bits per heavy atom. The van der Waals surface area contributed by atoms with Gasteiger partial charge in [-0.25, -0.2) is 0 Å². The Morgan fingerprint density at radius 2 is 1.83 bits per heavy atom. The van der Waals surface area contributed by atoms with Crippen LogP contribution in [0.5, 0.6) is 0 Å². The van der Waals surface area contributed by atoms with Crippen LogP contribution in [-0.4, -0.2) is 44.7 Å². The number of halogens is 1. The molecule has 0 bridgehead atoms. The molecule has 0 N–H and O–H groups in total. The highest BCUT2D eigenvalue weighted by Crippen LogP contribution is 2.45. The highest BCUT2D eigenvalue weighted by atomic mass is 35.5. The normalized spacial score (nSPS) is 20.4. The van der Waals surface area contributed by atoms with Gasteiger partial charge in [-0.05, 0) is 41.5 Å². The van der Waals surface area contributed by atoms with E-state index in [-0.39, 0.29) is 11.8 Å². The van der Waals surface area contributed by atoms with Crippen LogP contribution in [0.1, 0.15) is 32.0 Å². The zero-order valence-corrected chi connectivity index (χ0v) is 16.2. The first-order valence-corrected chi connectivity index (χ1v) is 9.73. The van der Waals surface area contributed by atoms with Crippen molar-refractivity contribution in [3.8, 4) is 0 Å². The summed E-state index contributed by atoms with van der Waals surface area (Å²) in [4.78, 5) is 38.7. The predicted octanol–water partition coefficient (Wildman–Crippen LogP) is 3.14. The molecular formula is C22H17ClN4O2. The van der Waals surface area contributed by atoms with Gasteiger partial charge in [0.05, 0.1) is 5.56 Å². The minimum Gasteiger partial charge on any atom is -0.309 e. The van der Waals surface area contributed by atoms with E-state index >= 15 is 0 Å². The molecule has 5 rings (SSSR count). The topological polar surface area (TPSA) is 66.4 Å². The third-order valence-corrected chi connectivity index (χ3v) is 5.93. The molecule has 2 aliphatic rings. The van der Waals surface area contributed by atoms with Crippen molar-refractivity contribution >= 4 is 23.4 Å². The van der Waals surface area contributed by atoms with E-state index in [9.17, 15) is 9.59 Å². The predicted molar refractivity (Wildman–Crippen MR) is 107 cm³/mol. The molecule has 1 unspecified atom stereocenters. The number of benzene rings is 1. The van der Waals surface area contributed by atoms with Crippen LogP contribution in [0.15, 0.2) is 67.1 Å². The molecular weight excluding hydrogens is 388 g/mol. The molecule has 0 aliphatic carbocycles. The molecule has 1 aromatic carbocycles. The number of carbonyl (C=O) groups is 2. The fraction of sp³-hybridized carbons (Fsp3) is 0.182. The minimum absolute atomic E-state index is 0.157. The van der Waals surface area contributed by atoms with Gasteiger partial charge in [0.15, 0.2) is 0 Å². The van der Waals surface area contributed by atoms with Gasteiger partial charge in [0.25, 0.3) is 11.8 Å². The summed E-state index contributed by atoms with van der Waals surface area (Å²) in [6, 6.07) is 14.6. The highest BCUT2D eigenvalue weighted by molar-refractivity contribution is 6.30. The van der Waals surface area contributed by atoms with Crippen LogP contribution in [0.25, 0.3) is 0 Å². The van der Waals surface area contributed by atoms with Crippen molar-refractivity contribution in [2.45, 2.75) is 12.1 Å². The second-order valence-electron chi connectivity index (χ2n) is 7.17. The summed E-state index contributed by atoms with van der Waals surface area (Å²) >= 11 is 6.12. The first-order chi connectivity index (χ1) is 14.1. The lowest BCUT2D eigenvalue weighted by atomic mass is 9.85. The molecule has 144 valence electrons. The molecule has 0 radical (unpaired) electrons. The van der Waals surface area contributed by atoms with Gasteiger partial charge in [-0.3, -0.25) is 19.6 Å². The first kappa shape index (κ1) is 17.8. The summed E-state index contributed by atoms with van der Waals surface area (Å²) in [5, 5.41) is 0.601. The first-order valence-electron chi connectivity index (χ1n) is 9.35. The van der Waals surface area contributed by atoms with Gasteiger partial charge < -0.3 is 9.80 Å². The molecule has 1 fully saturated rings. The second-order valence-corrected chi connectivity index (χ2v) is 7.60. The van der Waals surface area contributed by atoms with Crippen LogP contribution >= 0.6 is 11.6 Å². The van der Waals surface area contributed by atoms with Crippen molar-refractivity contribution in [3.05, 3.63) is 94.5 Å². The fourth-order valence-electron chi connectivity index (χ4n) is 4.39. The summed E-state index contributed by atoms with van der Waals surface area (Å²) in [5.41, 5.74) is 1.69. The van der Waals surface area contributed by atoms with E-state index in [1.165, 1.54) is 0 Å². The molecule has 6 nitrogen and oxygen atoms in total. The molecule has 2 aliphatic heterocycles. The van der Waals surface area contributed by atoms with E-state index in [4.69, 9.17) is 11.6 Å². The van der Waals surface area contributed by atoms with Gasteiger partial charge in [0, 0.05) is 43.1 Å². The van der Waals surface area contributed by atoms with Gasteiger partial charge >= 0.3 is 0 Å². The van der Waals surface area contributed by atoms with Crippen LogP contribution < -0.4 is 0 Å². The van der Waals surface area contributed by atoms with Gasteiger partial charge in [-0.15, -0.1) is 0 Å². The van der Waals surface area contributed by atoms with Crippen LogP contribution in [0, 0.1) is 0 Å². The lowest BCUT2D eigenvalue weighted by molar-refractivity contribution is 0.00713. The van der Waals surface area contributed by atoms with E-state index < -0.39 is 5.66 Å². The van der Waals surface area contributed by atoms with Crippen molar-refractivity contribution in [1.82, 2.24) is 19.8 Å². The lowest BCUT2D eigenvalue weighted by Crippen LogP contribution is -2.58. The molecule has 0 spiro atoms. The number of carbonyl (C=O) groups excluding carboxylic acids is 2. The van der Waals surface area contributed by atoms with Crippen LogP contribution in [-0.2, 0) is 12.1 Å². The summed E-state index contributed by atoms with van der Waals surface area (Å²) < 4.78 is 0. The maximum Gasteiger partial charge on any atom is 0.274 e. The number of hydrogen-bond acceptors (Lipinski definition) is 4. The molecule has 3 aromatic rings. The molecule has 1 atom stereocenters. The van der Waals surface area contributed by atoms with E-state index in [0.717, 1.165) is 11.1 Å². The minimum atomic E-state index is -0.926. The third kappa shape index (κ3) is 2.63. The Hall–Kier alpha value is -3.25. The molecule has 2 amide bonds. The molecule has 0 saturated carbocycles.